The molecule has 0 N–H and O–H groups in total. The minimum Gasteiger partial charge on any atom is -0.457 e. The van der Waals surface area contributed by atoms with Gasteiger partial charge >= 0.3 is 0 Å². The maximum atomic E-state index is 6.49. The Hall–Kier alpha value is -3.76. The van der Waals surface area contributed by atoms with Crippen LogP contribution in [0, 0.1) is 0 Å². The van der Waals surface area contributed by atoms with Crippen molar-refractivity contribution in [3.8, 4) is 11.5 Å². The van der Waals surface area contributed by atoms with Gasteiger partial charge in [-0.3, -0.25) is 0 Å². The third-order valence-corrected chi connectivity index (χ3v) is 7.58. The van der Waals surface area contributed by atoms with Crippen molar-refractivity contribution in [2.75, 3.05) is 4.90 Å². The van der Waals surface area contributed by atoms with Gasteiger partial charge < -0.3 is 9.64 Å². The quantitative estimate of drug-likeness (QED) is 0.211. The van der Waals surface area contributed by atoms with Gasteiger partial charge in [-0.15, -0.1) is 0 Å². The highest BCUT2D eigenvalue weighted by Gasteiger charge is 2.51. The Bertz CT molecular complexity index is 1510. The van der Waals surface area contributed by atoms with E-state index in [0.717, 1.165) is 55.2 Å². The number of benzene rings is 5. The highest BCUT2D eigenvalue weighted by molar-refractivity contribution is 9.10. The fraction of sp³-hybridized carbons (Fsp3) is 0.0323. The zero-order valence-corrected chi connectivity index (χ0v) is 20.4. The Kier molecular flexibility index (Phi) is 4.49. The number of halogens is 1. The summed E-state index contributed by atoms with van der Waals surface area (Å²) in [4.78, 5) is 2.34. The molecule has 7 rings (SSSR count). The van der Waals surface area contributed by atoms with Gasteiger partial charge in [0.25, 0.3) is 0 Å². The predicted octanol–water partition coefficient (Wildman–Crippen LogP) is 7.51. The second-order valence-electron chi connectivity index (χ2n) is 8.95. The Balaban J connectivity index is 1.70. The lowest BCUT2D eigenvalue weighted by Gasteiger charge is -2.48. The largest absolute Gasteiger partial charge is 0.457 e. The summed E-state index contributed by atoms with van der Waals surface area (Å²) < 4.78 is 7.48. The number of fused-ring (bicyclic) bond motifs is 8. The molecule has 1 spiro atoms. The molecule has 0 fully saturated rings. The number of hydrogen-bond donors (Lipinski definition) is 0. The molecule has 2 heterocycles. The van der Waals surface area contributed by atoms with Crippen LogP contribution in [0.15, 0.2) is 120 Å². The van der Waals surface area contributed by atoms with Gasteiger partial charge in [0.05, 0.1) is 16.8 Å². The van der Waals surface area contributed by atoms with Crippen LogP contribution in [0.2, 0.25) is 0 Å². The summed E-state index contributed by atoms with van der Waals surface area (Å²) in [6.07, 6.45) is 0. The zero-order valence-electron chi connectivity index (χ0n) is 18.8. The van der Waals surface area contributed by atoms with Crippen LogP contribution in [0.5, 0.6) is 11.5 Å². The van der Waals surface area contributed by atoms with E-state index in [-0.39, 0.29) is 0 Å². The monoisotopic (exact) mass is 511 g/mol. The summed E-state index contributed by atoms with van der Waals surface area (Å²) in [6.45, 7) is 0. The van der Waals surface area contributed by atoms with Gasteiger partial charge in [0.2, 0.25) is 0 Å². The molecule has 164 valence electrons. The number of rotatable bonds is 1. The van der Waals surface area contributed by atoms with E-state index in [1.165, 1.54) is 5.56 Å². The van der Waals surface area contributed by atoms with E-state index in [4.69, 9.17) is 12.6 Å². The zero-order chi connectivity index (χ0) is 23.6. The Morgan fingerprint density at radius 1 is 0.600 bits per heavy atom. The molecule has 2 aliphatic heterocycles. The van der Waals surface area contributed by atoms with Gasteiger partial charge in [-0.05, 0) is 59.7 Å². The molecule has 4 heteroatoms. The molecule has 0 aliphatic carbocycles. The first-order chi connectivity index (χ1) is 17.2. The second-order valence-corrected chi connectivity index (χ2v) is 9.87. The molecule has 2 radical (unpaired) electrons. The van der Waals surface area contributed by atoms with Gasteiger partial charge in [-0.1, -0.05) is 88.1 Å². The highest BCUT2D eigenvalue weighted by Crippen LogP contribution is 2.62. The van der Waals surface area contributed by atoms with Crippen LogP contribution < -0.4 is 15.1 Å². The molecule has 5 aromatic carbocycles. The summed E-state index contributed by atoms with van der Waals surface area (Å²) in [5.74, 6) is 1.72. The molecule has 2 aliphatic rings. The molecule has 0 atom stereocenters. The highest BCUT2D eigenvalue weighted by atomic mass is 79.9. The molecule has 5 aromatic rings. The predicted molar refractivity (Wildman–Crippen MR) is 146 cm³/mol. The maximum absolute atomic E-state index is 6.49. The van der Waals surface area contributed by atoms with Crippen molar-refractivity contribution >= 4 is 46.3 Å². The fourth-order valence-electron chi connectivity index (χ4n) is 5.76. The van der Waals surface area contributed by atoms with Crippen LogP contribution in [-0.4, -0.2) is 7.85 Å². The molecule has 0 amide bonds. The molecular formula is C31H19BBrNO. The van der Waals surface area contributed by atoms with Gasteiger partial charge in [0.1, 0.15) is 19.3 Å². The maximum Gasteiger partial charge on any atom is 0.132 e. The first-order valence-electron chi connectivity index (χ1n) is 11.6. The molecule has 0 unspecified atom stereocenters. The van der Waals surface area contributed by atoms with Crippen molar-refractivity contribution in [3.63, 3.8) is 0 Å². The molecule has 2 nitrogen and oxygen atoms in total. The van der Waals surface area contributed by atoms with Crippen LogP contribution in [0.1, 0.15) is 22.3 Å². The van der Waals surface area contributed by atoms with E-state index in [0.29, 0.717) is 0 Å². The first-order valence-corrected chi connectivity index (χ1v) is 12.4. The third kappa shape index (κ3) is 2.84. The van der Waals surface area contributed by atoms with E-state index in [9.17, 15) is 0 Å². The molecule has 35 heavy (non-hydrogen) atoms. The smallest absolute Gasteiger partial charge is 0.132 e. The van der Waals surface area contributed by atoms with E-state index in [1.807, 2.05) is 24.3 Å². The number of nitrogens with zero attached hydrogens (tertiary/aromatic N) is 1. The Morgan fingerprint density at radius 2 is 1.17 bits per heavy atom. The molecule has 0 bridgehead atoms. The van der Waals surface area contributed by atoms with Crippen molar-refractivity contribution in [1.29, 1.82) is 0 Å². The van der Waals surface area contributed by atoms with E-state index < -0.39 is 5.41 Å². The number of ether oxygens (including phenoxy) is 1. The molecule has 0 aromatic heterocycles. The van der Waals surface area contributed by atoms with Crippen molar-refractivity contribution in [2.24, 2.45) is 0 Å². The van der Waals surface area contributed by atoms with E-state index in [1.54, 1.807) is 0 Å². The summed E-state index contributed by atoms with van der Waals surface area (Å²) in [6, 6.07) is 40.0. The minimum absolute atomic E-state index is 0.597. The number of hydrogen-bond acceptors (Lipinski definition) is 2. The lowest BCUT2D eigenvalue weighted by atomic mass is 9.60. The molecule has 0 saturated carbocycles. The van der Waals surface area contributed by atoms with Crippen LogP contribution in [0.3, 0.4) is 0 Å². The van der Waals surface area contributed by atoms with Crippen LogP contribution >= 0.6 is 15.9 Å². The van der Waals surface area contributed by atoms with Crippen LogP contribution in [-0.2, 0) is 5.41 Å². The van der Waals surface area contributed by atoms with E-state index in [2.05, 4.69) is 112 Å². The lowest BCUT2D eigenvalue weighted by molar-refractivity contribution is 0.434. The third-order valence-electron chi connectivity index (χ3n) is 7.09. The average molecular weight is 512 g/mol. The van der Waals surface area contributed by atoms with Gasteiger partial charge in [-0.25, -0.2) is 0 Å². The standard InChI is InChI=1S/C31H19BBrNO/c32-20-14-16-27-25(18-20)31(23-10-4-6-12-29(23)35-30-13-7-5-11-24(30)31)26-19-21(33)15-17-28(26)34(27)22-8-2-1-3-9-22/h1-19H. The Labute approximate surface area is 214 Å². The summed E-state index contributed by atoms with van der Waals surface area (Å²) in [7, 11) is 6.49. The van der Waals surface area contributed by atoms with Crippen molar-refractivity contribution in [2.45, 2.75) is 5.41 Å². The fourth-order valence-corrected chi connectivity index (χ4v) is 6.12. The molecule has 0 saturated heterocycles. The van der Waals surface area contributed by atoms with Crippen molar-refractivity contribution in [3.05, 3.63) is 142 Å². The summed E-state index contributed by atoms with van der Waals surface area (Å²) in [5.41, 5.74) is 8.00. The normalized spacial score (nSPS) is 14.4. The summed E-state index contributed by atoms with van der Waals surface area (Å²) in [5, 5.41) is 0. The van der Waals surface area contributed by atoms with Crippen molar-refractivity contribution < 1.29 is 4.74 Å². The number of para-hydroxylation sites is 3. The molecular weight excluding hydrogens is 493 g/mol. The second kappa shape index (κ2) is 7.62. The summed E-state index contributed by atoms with van der Waals surface area (Å²) >= 11 is 3.78. The van der Waals surface area contributed by atoms with Gasteiger partial charge in [0.15, 0.2) is 0 Å². The van der Waals surface area contributed by atoms with E-state index >= 15 is 0 Å². The van der Waals surface area contributed by atoms with Gasteiger partial charge in [0, 0.05) is 21.3 Å². The lowest BCUT2D eigenvalue weighted by Crippen LogP contribution is -2.40. The topological polar surface area (TPSA) is 12.5 Å². The van der Waals surface area contributed by atoms with Crippen LogP contribution in [0.4, 0.5) is 17.1 Å². The minimum atomic E-state index is -0.597. The first kappa shape index (κ1) is 20.6. The SMILES string of the molecule is [B]c1ccc2c(c1)C1(c3ccccc3Oc3ccccc31)c1cc(Br)ccc1N2c1ccccc1. The number of anilines is 3. The van der Waals surface area contributed by atoms with Crippen LogP contribution in [0.25, 0.3) is 0 Å². The van der Waals surface area contributed by atoms with Gasteiger partial charge in [-0.2, -0.15) is 0 Å². The van der Waals surface area contributed by atoms with Crippen molar-refractivity contribution in [1.82, 2.24) is 0 Å². The Morgan fingerprint density at radius 3 is 1.86 bits per heavy atom. The average Bonchev–Trinajstić information content (AvgIpc) is 2.89.